The lowest BCUT2D eigenvalue weighted by atomic mass is 10.2. The van der Waals surface area contributed by atoms with Crippen molar-refractivity contribution >= 4 is 50.3 Å². The molecule has 1 aromatic carbocycles. The van der Waals surface area contributed by atoms with Crippen molar-refractivity contribution in [1.29, 1.82) is 0 Å². The second-order valence-corrected chi connectivity index (χ2v) is 9.00. The van der Waals surface area contributed by atoms with Crippen LogP contribution in [-0.4, -0.2) is 38.0 Å². The number of amidine groups is 1. The van der Waals surface area contributed by atoms with Crippen molar-refractivity contribution in [2.24, 2.45) is 4.40 Å². The van der Waals surface area contributed by atoms with E-state index in [2.05, 4.69) is 4.40 Å². The molecule has 1 saturated heterocycles. The highest BCUT2D eigenvalue weighted by Gasteiger charge is 2.34. The number of likely N-dealkylation sites (N-methyl/N-ethyl adjacent to an activating group) is 1. The molecule has 0 unspecified atom stereocenters. The summed E-state index contributed by atoms with van der Waals surface area (Å²) in [6.45, 7) is 2.12. The monoisotopic (exact) mass is 408 g/mol. The van der Waals surface area contributed by atoms with Crippen LogP contribution in [0.4, 0.5) is 0 Å². The minimum absolute atomic E-state index is 0.154. The number of benzene rings is 1. The number of rotatable bonds is 5. The molecule has 1 aliphatic heterocycles. The summed E-state index contributed by atoms with van der Waals surface area (Å²) in [6.07, 6.45) is 1.72. The van der Waals surface area contributed by atoms with Gasteiger partial charge in [0.25, 0.3) is 15.9 Å². The zero-order valence-electron chi connectivity index (χ0n) is 14.1. The first-order valence-electron chi connectivity index (χ1n) is 7.68. The maximum absolute atomic E-state index is 12.6. The van der Waals surface area contributed by atoms with E-state index >= 15 is 0 Å². The van der Waals surface area contributed by atoms with Gasteiger partial charge in [-0.3, -0.25) is 9.69 Å². The Bertz CT molecular complexity index is 962. The summed E-state index contributed by atoms with van der Waals surface area (Å²) in [5.74, 6) is 0.463. The van der Waals surface area contributed by atoms with Gasteiger partial charge in [-0.1, -0.05) is 18.2 Å². The molecule has 0 atom stereocenters. The zero-order chi connectivity index (χ0) is 18.7. The molecule has 1 aliphatic rings. The highest BCUT2D eigenvalue weighted by atomic mass is 32.2. The first-order chi connectivity index (χ1) is 12.4. The van der Waals surface area contributed by atoms with Crippen LogP contribution in [0.2, 0.25) is 0 Å². The van der Waals surface area contributed by atoms with Crippen LogP contribution in [0.15, 0.2) is 55.3 Å². The van der Waals surface area contributed by atoms with Gasteiger partial charge < -0.3 is 4.74 Å². The van der Waals surface area contributed by atoms with Crippen LogP contribution in [-0.2, 0) is 14.8 Å². The molecule has 0 radical (unpaired) electrons. The lowest BCUT2D eigenvalue weighted by Gasteiger charge is -2.11. The Morgan fingerprint density at radius 2 is 1.96 bits per heavy atom. The number of hydrogen-bond donors (Lipinski definition) is 0. The fourth-order valence-corrected chi connectivity index (χ4v) is 5.48. The van der Waals surface area contributed by atoms with E-state index in [9.17, 15) is 13.2 Å². The first-order valence-corrected chi connectivity index (χ1v) is 10.8. The number of carbonyl (C=O) groups is 1. The second-order valence-electron chi connectivity index (χ2n) is 5.21. The number of ether oxygens (including phenoxy) is 1. The highest BCUT2D eigenvalue weighted by molar-refractivity contribution is 8.19. The predicted molar refractivity (Wildman–Crippen MR) is 105 cm³/mol. The molecule has 2 heterocycles. The number of thiophene rings is 1. The van der Waals surface area contributed by atoms with Gasteiger partial charge in [-0.15, -0.1) is 15.7 Å². The van der Waals surface area contributed by atoms with E-state index in [0.29, 0.717) is 11.4 Å². The molecular weight excluding hydrogens is 392 g/mol. The summed E-state index contributed by atoms with van der Waals surface area (Å²) in [4.78, 5) is 14.4. The van der Waals surface area contributed by atoms with Crippen LogP contribution in [0.1, 0.15) is 12.5 Å². The molecule has 2 aromatic rings. The van der Waals surface area contributed by atoms with Crippen molar-refractivity contribution in [2.75, 3.05) is 13.7 Å². The summed E-state index contributed by atoms with van der Waals surface area (Å²) in [5, 5.41) is 1.85. The van der Waals surface area contributed by atoms with Crippen LogP contribution >= 0.6 is 23.1 Å². The van der Waals surface area contributed by atoms with Gasteiger partial charge >= 0.3 is 0 Å². The van der Waals surface area contributed by atoms with E-state index in [0.717, 1.165) is 34.4 Å². The summed E-state index contributed by atoms with van der Waals surface area (Å²) in [7, 11) is -2.24. The average molecular weight is 409 g/mol. The molecule has 0 bridgehead atoms. The van der Waals surface area contributed by atoms with E-state index < -0.39 is 10.0 Å². The van der Waals surface area contributed by atoms with E-state index in [1.807, 2.05) is 12.1 Å². The van der Waals surface area contributed by atoms with Crippen molar-refractivity contribution in [3.05, 3.63) is 52.2 Å². The molecule has 6 nitrogen and oxygen atoms in total. The first kappa shape index (κ1) is 18.7. The maximum atomic E-state index is 12.6. The molecule has 9 heteroatoms. The molecule has 0 aliphatic carbocycles. The van der Waals surface area contributed by atoms with Crippen LogP contribution in [0.25, 0.3) is 6.08 Å². The fourth-order valence-electron chi connectivity index (χ4n) is 2.26. The molecule has 26 heavy (non-hydrogen) atoms. The maximum Gasteiger partial charge on any atom is 0.294 e. The molecule has 0 saturated carbocycles. The SMILES string of the molecule is CCN1C(=O)/C(=C/c2ccc(OC)cc2)SC1=NS(=O)(=O)c1cccs1. The van der Waals surface area contributed by atoms with Gasteiger partial charge in [0.1, 0.15) is 9.96 Å². The van der Waals surface area contributed by atoms with E-state index in [1.165, 1.54) is 11.0 Å². The summed E-state index contributed by atoms with van der Waals surface area (Å²) in [6, 6.07) is 10.4. The van der Waals surface area contributed by atoms with Crippen LogP contribution in [0.5, 0.6) is 5.75 Å². The molecule has 1 aromatic heterocycles. The van der Waals surface area contributed by atoms with Crippen molar-refractivity contribution in [2.45, 2.75) is 11.1 Å². The summed E-state index contributed by atoms with van der Waals surface area (Å²) >= 11 is 2.16. The van der Waals surface area contributed by atoms with Crippen LogP contribution in [0, 0.1) is 0 Å². The van der Waals surface area contributed by atoms with Crippen molar-refractivity contribution in [3.8, 4) is 5.75 Å². The number of amides is 1. The van der Waals surface area contributed by atoms with Gasteiger partial charge in [-0.25, -0.2) is 0 Å². The second kappa shape index (κ2) is 7.65. The van der Waals surface area contributed by atoms with Crippen molar-refractivity contribution in [3.63, 3.8) is 0 Å². The molecule has 0 spiro atoms. The van der Waals surface area contributed by atoms with Gasteiger partial charge in [0.15, 0.2) is 5.17 Å². The van der Waals surface area contributed by atoms with E-state index in [1.54, 1.807) is 43.7 Å². The van der Waals surface area contributed by atoms with Gasteiger partial charge in [0.2, 0.25) is 0 Å². The normalized spacial score (nSPS) is 18.1. The summed E-state index contributed by atoms with van der Waals surface area (Å²) in [5.41, 5.74) is 0.820. The Morgan fingerprint density at radius 3 is 2.54 bits per heavy atom. The number of nitrogens with zero attached hydrogens (tertiary/aromatic N) is 2. The molecule has 1 amide bonds. The molecule has 1 fully saturated rings. The lowest BCUT2D eigenvalue weighted by molar-refractivity contribution is -0.122. The highest BCUT2D eigenvalue weighted by Crippen LogP contribution is 2.34. The topological polar surface area (TPSA) is 76.0 Å². The number of hydrogen-bond acceptors (Lipinski definition) is 6. The van der Waals surface area contributed by atoms with E-state index in [-0.39, 0.29) is 15.3 Å². The van der Waals surface area contributed by atoms with Crippen molar-refractivity contribution < 1.29 is 17.9 Å². The number of sulfonamides is 1. The summed E-state index contributed by atoms with van der Waals surface area (Å²) < 4.78 is 33.9. The number of methoxy groups -OCH3 is 1. The number of carbonyl (C=O) groups excluding carboxylic acids is 1. The van der Waals surface area contributed by atoms with Crippen LogP contribution < -0.4 is 4.74 Å². The number of thioether (sulfide) groups is 1. The standard InChI is InChI=1S/C17H16N2O4S3/c1-3-19-16(20)14(11-12-6-8-13(23-2)9-7-12)25-17(19)18-26(21,22)15-5-4-10-24-15/h4-11H,3H2,1-2H3/b14-11-,18-17?. The lowest BCUT2D eigenvalue weighted by Crippen LogP contribution is -2.29. The van der Waals surface area contributed by atoms with Gasteiger partial charge in [0, 0.05) is 6.54 Å². The molecule has 136 valence electrons. The van der Waals surface area contributed by atoms with Gasteiger partial charge in [0.05, 0.1) is 12.0 Å². The Labute approximate surface area is 160 Å². The Balaban J connectivity index is 1.93. The van der Waals surface area contributed by atoms with Gasteiger partial charge in [-0.05, 0) is 53.9 Å². The third-order valence-corrected chi connectivity index (χ3v) is 7.33. The Morgan fingerprint density at radius 1 is 1.23 bits per heavy atom. The Kier molecular flexibility index (Phi) is 5.49. The minimum Gasteiger partial charge on any atom is -0.497 e. The predicted octanol–water partition coefficient (Wildman–Crippen LogP) is 3.44. The third-order valence-electron chi connectivity index (χ3n) is 3.57. The van der Waals surface area contributed by atoms with Crippen molar-refractivity contribution in [1.82, 2.24) is 4.90 Å². The minimum atomic E-state index is -3.82. The molecule has 3 rings (SSSR count). The zero-order valence-corrected chi connectivity index (χ0v) is 16.5. The Hall–Kier alpha value is -2.10. The fraction of sp³-hybridized carbons (Fsp3) is 0.176. The van der Waals surface area contributed by atoms with Gasteiger partial charge in [-0.2, -0.15) is 8.42 Å². The molecule has 0 N–H and O–H groups in total. The molecular formula is C17H16N2O4S3. The third kappa shape index (κ3) is 3.84. The van der Waals surface area contributed by atoms with E-state index in [4.69, 9.17) is 4.74 Å². The quantitative estimate of drug-likeness (QED) is 0.709. The average Bonchev–Trinajstić information content (AvgIpc) is 3.25. The van der Waals surface area contributed by atoms with Crippen LogP contribution in [0.3, 0.4) is 0 Å². The smallest absolute Gasteiger partial charge is 0.294 e. The largest absolute Gasteiger partial charge is 0.497 e.